The number of nitrogens with two attached hydrogens (primary N) is 1. The molecule has 29 heavy (non-hydrogen) atoms. The summed E-state index contributed by atoms with van der Waals surface area (Å²) in [4.78, 5) is 14.6. The Labute approximate surface area is 173 Å². The molecule has 0 spiro atoms. The average Bonchev–Trinajstić information content (AvgIpc) is 2.74. The summed E-state index contributed by atoms with van der Waals surface area (Å²) < 4.78 is 5.17. The monoisotopic (exact) mass is 396 g/mol. The first-order valence-corrected chi connectivity index (χ1v) is 10.1. The van der Waals surface area contributed by atoms with Crippen LogP contribution in [0.3, 0.4) is 0 Å². The number of amides is 1. The maximum atomic E-state index is 12.3. The molecule has 6 nitrogen and oxygen atoms in total. The van der Waals surface area contributed by atoms with E-state index in [1.165, 1.54) is 0 Å². The van der Waals surface area contributed by atoms with Gasteiger partial charge in [0.15, 0.2) is 0 Å². The number of rotatable bonds is 11. The van der Waals surface area contributed by atoms with Crippen LogP contribution in [0.5, 0.6) is 0 Å². The molecule has 0 heterocycles. The summed E-state index contributed by atoms with van der Waals surface area (Å²) in [5.74, 6) is -0.139. The minimum Gasteiger partial charge on any atom is -0.398 e. The van der Waals surface area contributed by atoms with Crippen LogP contribution in [0.4, 0.5) is 11.4 Å². The summed E-state index contributed by atoms with van der Waals surface area (Å²) in [5, 5.41) is 11.5. The topological polar surface area (TPSA) is 91.4 Å². The number of nitrogen functional groups attached to an aromatic ring is 1. The summed E-state index contributed by atoms with van der Waals surface area (Å²) in [6, 6.07) is 12.9. The van der Waals surface area contributed by atoms with Crippen molar-refractivity contribution in [3.8, 4) is 0 Å². The van der Waals surface area contributed by atoms with Gasteiger partial charge in [-0.3, -0.25) is 10.2 Å². The second kappa shape index (κ2) is 11.2. The molecule has 0 saturated heterocycles. The van der Waals surface area contributed by atoms with E-state index in [0.29, 0.717) is 35.7 Å². The van der Waals surface area contributed by atoms with Crippen LogP contribution in [0.15, 0.2) is 42.5 Å². The Morgan fingerprint density at radius 3 is 2.45 bits per heavy atom. The van der Waals surface area contributed by atoms with E-state index in [9.17, 15) is 4.79 Å². The van der Waals surface area contributed by atoms with Gasteiger partial charge < -0.3 is 20.7 Å². The number of likely N-dealkylation sites (N-methyl/N-ethyl adjacent to an activating group) is 1. The average molecular weight is 397 g/mol. The van der Waals surface area contributed by atoms with Gasteiger partial charge in [-0.25, -0.2) is 0 Å². The lowest BCUT2D eigenvalue weighted by atomic mass is 9.98. The van der Waals surface area contributed by atoms with E-state index in [1.807, 2.05) is 24.3 Å². The highest BCUT2D eigenvalue weighted by molar-refractivity contribution is 6.15. The number of carbonyl (C=O) groups excluding carboxylic acids is 1. The number of hydrogen-bond donors (Lipinski definition) is 3. The largest absolute Gasteiger partial charge is 0.398 e. The molecule has 0 unspecified atom stereocenters. The maximum absolute atomic E-state index is 12.3. The summed E-state index contributed by atoms with van der Waals surface area (Å²) in [7, 11) is 1.70. The first-order chi connectivity index (χ1) is 14.0. The number of nitrogens with zero attached hydrogens (tertiary/aromatic N) is 1. The van der Waals surface area contributed by atoms with Crippen molar-refractivity contribution in [2.75, 3.05) is 44.0 Å². The molecule has 0 bridgehead atoms. The number of anilines is 2. The third-order valence-corrected chi connectivity index (χ3v) is 4.87. The van der Waals surface area contributed by atoms with E-state index in [0.717, 1.165) is 37.2 Å². The lowest BCUT2D eigenvalue weighted by Gasteiger charge is -2.23. The Balaban J connectivity index is 2.18. The molecule has 0 radical (unpaired) electrons. The molecule has 0 saturated carbocycles. The Bertz CT molecular complexity index is 818. The number of hydrogen-bond acceptors (Lipinski definition) is 5. The highest BCUT2D eigenvalue weighted by Crippen LogP contribution is 2.21. The Morgan fingerprint density at radius 2 is 1.83 bits per heavy atom. The molecule has 156 valence electrons. The second-order valence-electron chi connectivity index (χ2n) is 6.91. The molecule has 4 N–H and O–H groups in total. The molecule has 0 atom stereocenters. The smallest absolute Gasteiger partial charge is 0.251 e. The standard InChI is InChI=1S/C23H32N4O2/c1-4-6-13-26-23(28)18-9-12-21(24)20(16-18)22(25)17-7-10-19(11-8-17)27(5-2)14-15-29-3/h7-12,16,25H,4-6,13-15,24H2,1-3H3,(H,26,28). The number of unbranched alkanes of at least 4 members (excludes halogenated alkanes) is 1. The van der Waals surface area contributed by atoms with Gasteiger partial charge in [0.05, 0.1) is 12.3 Å². The molecule has 6 heteroatoms. The normalized spacial score (nSPS) is 10.6. The Kier molecular flexibility index (Phi) is 8.68. The number of ether oxygens (including phenoxy) is 1. The van der Waals surface area contributed by atoms with Crippen LogP contribution in [-0.2, 0) is 4.74 Å². The summed E-state index contributed by atoms with van der Waals surface area (Å²) in [6.07, 6.45) is 1.96. The number of carbonyl (C=O) groups is 1. The SMILES string of the molecule is CCCCNC(=O)c1ccc(N)c(C(=N)c2ccc(N(CC)CCOC)cc2)c1. The third kappa shape index (κ3) is 6.06. The van der Waals surface area contributed by atoms with E-state index in [4.69, 9.17) is 15.9 Å². The van der Waals surface area contributed by atoms with Crippen LogP contribution in [0.1, 0.15) is 48.2 Å². The molecule has 0 aliphatic carbocycles. The van der Waals surface area contributed by atoms with E-state index >= 15 is 0 Å². The van der Waals surface area contributed by atoms with Crippen molar-refractivity contribution < 1.29 is 9.53 Å². The van der Waals surface area contributed by atoms with E-state index in [2.05, 4.69) is 24.1 Å². The van der Waals surface area contributed by atoms with Crippen molar-refractivity contribution in [3.05, 3.63) is 59.2 Å². The third-order valence-electron chi connectivity index (χ3n) is 4.87. The van der Waals surface area contributed by atoms with Gasteiger partial charge >= 0.3 is 0 Å². The molecular weight excluding hydrogens is 364 g/mol. The molecular formula is C23H32N4O2. The predicted octanol–water partition coefficient (Wildman–Crippen LogP) is 3.69. The van der Waals surface area contributed by atoms with Crippen LogP contribution in [0.2, 0.25) is 0 Å². The van der Waals surface area contributed by atoms with Crippen LogP contribution >= 0.6 is 0 Å². The fraction of sp³-hybridized carbons (Fsp3) is 0.391. The molecule has 2 aromatic carbocycles. The zero-order valence-corrected chi connectivity index (χ0v) is 17.6. The minimum absolute atomic E-state index is 0.139. The molecule has 0 fully saturated rings. The van der Waals surface area contributed by atoms with E-state index < -0.39 is 0 Å². The summed E-state index contributed by atoms with van der Waals surface area (Å²) >= 11 is 0. The zero-order chi connectivity index (χ0) is 21.2. The maximum Gasteiger partial charge on any atom is 0.251 e. The van der Waals surface area contributed by atoms with Gasteiger partial charge in [0.2, 0.25) is 0 Å². The van der Waals surface area contributed by atoms with Crippen molar-refractivity contribution >= 4 is 23.0 Å². The van der Waals surface area contributed by atoms with Gasteiger partial charge in [0.25, 0.3) is 5.91 Å². The van der Waals surface area contributed by atoms with Crippen LogP contribution in [-0.4, -0.2) is 45.0 Å². The van der Waals surface area contributed by atoms with Crippen LogP contribution in [0, 0.1) is 5.41 Å². The lowest BCUT2D eigenvalue weighted by molar-refractivity contribution is 0.0953. The van der Waals surface area contributed by atoms with E-state index in [1.54, 1.807) is 25.3 Å². The van der Waals surface area contributed by atoms with Gasteiger partial charge in [-0.1, -0.05) is 25.5 Å². The fourth-order valence-corrected chi connectivity index (χ4v) is 3.06. The lowest BCUT2D eigenvalue weighted by Crippen LogP contribution is -2.26. The first kappa shape index (κ1) is 22.4. The quantitative estimate of drug-likeness (QED) is 0.307. The van der Waals surface area contributed by atoms with Gasteiger partial charge in [-0.2, -0.15) is 0 Å². The second-order valence-corrected chi connectivity index (χ2v) is 6.91. The molecule has 2 rings (SSSR count). The molecule has 1 amide bonds. The van der Waals surface area contributed by atoms with E-state index in [-0.39, 0.29) is 5.91 Å². The minimum atomic E-state index is -0.139. The zero-order valence-electron chi connectivity index (χ0n) is 17.6. The molecule has 0 aromatic heterocycles. The molecule has 0 aliphatic heterocycles. The van der Waals surface area contributed by atoms with Crippen molar-refractivity contribution in [2.24, 2.45) is 0 Å². The highest BCUT2D eigenvalue weighted by Gasteiger charge is 2.13. The van der Waals surface area contributed by atoms with Crippen molar-refractivity contribution in [1.29, 1.82) is 5.41 Å². The van der Waals surface area contributed by atoms with Gasteiger partial charge in [-0.05, 0) is 43.7 Å². The Morgan fingerprint density at radius 1 is 1.14 bits per heavy atom. The number of nitrogens with one attached hydrogen (secondary N) is 2. The molecule has 2 aromatic rings. The van der Waals surface area contributed by atoms with Crippen molar-refractivity contribution in [3.63, 3.8) is 0 Å². The Hall–Kier alpha value is -2.86. The first-order valence-electron chi connectivity index (χ1n) is 10.1. The van der Waals surface area contributed by atoms with Crippen molar-refractivity contribution in [2.45, 2.75) is 26.7 Å². The number of benzene rings is 2. The molecule has 0 aliphatic rings. The van der Waals surface area contributed by atoms with Crippen molar-refractivity contribution in [1.82, 2.24) is 5.32 Å². The van der Waals surface area contributed by atoms with Gasteiger partial charge in [0.1, 0.15) is 0 Å². The van der Waals surface area contributed by atoms with Gasteiger partial charge in [-0.15, -0.1) is 0 Å². The van der Waals surface area contributed by atoms with Crippen LogP contribution in [0.25, 0.3) is 0 Å². The fourth-order valence-electron chi connectivity index (χ4n) is 3.06. The number of methoxy groups -OCH3 is 1. The highest BCUT2D eigenvalue weighted by atomic mass is 16.5. The summed E-state index contributed by atoms with van der Waals surface area (Å²) in [5.41, 5.74) is 9.82. The summed E-state index contributed by atoms with van der Waals surface area (Å²) in [6.45, 7) is 7.18. The predicted molar refractivity (Wildman–Crippen MR) is 120 cm³/mol. The van der Waals surface area contributed by atoms with Gasteiger partial charge in [0, 0.05) is 54.8 Å². The van der Waals surface area contributed by atoms with Crippen LogP contribution < -0.4 is 16.0 Å².